The van der Waals surface area contributed by atoms with E-state index in [4.69, 9.17) is 69.6 Å². The van der Waals surface area contributed by atoms with Gasteiger partial charge in [-0.15, -0.1) is 11.8 Å². The van der Waals surface area contributed by atoms with Gasteiger partial charge >= 0.3 is 5.97 Å². The van der Waals surface area contributed by atoms with Gasteiger partial charge in [0.15, 0.2) is 0 Å². The maximum absolute atomic E-state index is 12.8. The van der Waals surface area contributed by atoms with Crippen LogP contribution in [-0.2, 0) is 4.79 Å². The SMILES string of the molecule is O=C(CSc1ccc(NC(=O)c2c(Cl)c(Cl)c(Cl)c(Cl)c2C(=O)O)cc1)Nc1cccc(Cl)c1Cl. The van der Waals surface area contributed by atoms with E-state index in [1.54, 1.807) is 42.5 Å². The highest BCUT2D eigenvalue weighted by Crippen LogP contribution is 2.42. The molecule has 0 radical (unpaired) electrons. The number of carbonyl (C=O) groups excluding carboxylic acids is 2. The van der Waals surface area contributed by atoms with Crippen LogP contribution in [0.5, 0.6) is 0 Å². The van der Waals surface area contributed by atoms with Gasteiger partial charge in [-0.3, -0.25) is 9.59 Å². The molecular weight excluding hydrogens is 601 g/mol. The van der Waals surface area contributed by atoms with Crippen LogP contribution in [0.25, 0.3) is 0 Å². The predicted octanol–water partition coefficient (Wildman–Crippen LogP) is 8.29. The Morgan fingerprint density at radius 3 is 1.94 bits per heavy atom. The summed E-state index contributed by atoms with van der Waals surface area (Å²) in [5.41, 5.74) is -0.247. The van der Waals surface area contributed by atoms with Gasteiger partial charge in [0.1, 0.15) is 0 Å². The molecule has 6 nitrogen and oxygen atoms in total. The van der Waals surface area contributed by atoms with Crippen molar-refractivity contribution in [3.05, 3.63) is 83.7 Å². The first-order chi connectivity index (χ1) is 16.5. The smallest absolute Gasteiger partial charge is 0.338 e. The van der Waals surface area contributed by atoms with Gasteiger partial charge < -0.3 is 15.7 Å². The van der Waals surface area contributed by atoms with Gasteiger partial charge in [0, 0.05) is 10.6 Å². The van der Waals surface area contributed by atoms with E-state index in [1.165, 1.54) is 11.8 Å². The molecule has 3 N–H and O–H groups in total. The number of hydrogen-bond donors (Lipinski definition) is 3. The molecule has 0 saturated carbocycles. The van der Waals surface area contributed by atoms with Crippen LogP contribution in [0.15, 0.2) is 47.4 Å². The van der Waals surface area contributed by atoms with Crippen LogP contribution in [0.1, 0.15) is 20.7 Å². The molecule has 35 heavy (non-hydrogen) atoms. The molecule has 3 aromatic carbocycles. The Balaban J connectivity index is 1.68. The second kappa shape index (κ2) is 11.9. The highest BCUT2D eigenvalue weighted by atomic mass is 35.5. The fourth-order valence-corrected chi connectivity index (χ4v) is 4.87. The average molecular weight is 613 g/mol. The molecule has 0 unspecified atom stereocenters. The summed E-state index contributed by atoms with van der Waals surface area (Å²) in [5, 5.41) is 14.1. The molecule has 2 amide bonds. The van der Waals surface area contributed by atoms with Crippen molar-refractivity contribution in [3.8, 4) is 0 Å². The molecule has 3 rings (SSSR count). The Morgan fingerprint density at radius 1 is 0.743 bits per heavy atom. The maximum atomic E-state index is 12.8. The van der Waals surface area contributed by atoms with Crippen molar-refractivity contribution >= 4 is 111 Å². The third-order valence-electron chi connectivity index (χ3n) is 4.42. The molecule has 182 valence electrons. The Morgan fingerprint density at radius 2 is 1.34 bits per heavy atom. The topological polar surface area (TPSA) is 95.5 Å². The van der Waals surface area contributed by atoms with Gasteiger partial charge in [-0.25, -0.2) is 4.79 Å². The highest BCUT2D eigenvalue weighted by Gasteiger charge is 2.28. The summed E-state index contributed by atoms with van der Waals surface area (Å²) in [6.07, 6.45) is 0. The standard InChI is InChI=1S/C22H12Cl6N2O4S/c23-11-2-1-3-12(16(11)24)30-13(31)8-35-10-6-4-9(5-7-10)29-21(32)14-15(22(33)34)18(26)20(28)19(27)17(14)25/h1-7H,8H2,(H,29,32)(H,30,31)(H,33,34). The molecule has 0 saturated heterocycles. The molecule has 0 fully saturated rings. The molecule has 0 aliphatic heterocycles. The van der Waals surface area contributed by atoms with Crippen LogP contribution in [0.3, 0.4) is 0 Å². The Hall–Kier alpha value is -1.84. The van der Waals surface area contributed by atoms with Crippen LogP contribution in [0.2, 0.25) is 30.1 Å². The zero-order chi connectivity index (χ0) is 25.9. The minimum absolute atomic E-state index is 0.0912. The van der Waals surface area contributed by atoms with E-state index < -0.39 is 28.0 Å². The lowest BCUT2D eigenvalue weighted by Crippen LogP contribution is -2.18. The minimum Gasteiger partial charge on any atom is -0.478 e. The Kier molecular flexibility index (Phi) is 9.46. The molecule has 0 bridgehead atoms. The summed E-state index contributed by atoms with van der Waals surface area (Å²) in [6.45, 7) is 0. The van der Waals surface area contributed by atoms with Crippen LogP contribution < -0.4 is 10.6 Å². The number of halogens is 6. The first-order valence-electron chi connectivity index (χ1n) is 9.38. The van der Waals surface area contributed by atoms with Crippen molar-refractivity contribution in [3.63, 3.8) is 0 Å². The fourth-order valence-electron chi connectivity index (χ4n) is 2.81. The maximum Gasteiger partial charge on any atom is 0.338 e. The Labute approximate surface area is 233 Å². The molecule has 0 aromatic heterocycles. The summed E-state index contributed by atoms with van der Waals surface area (Å²) in [5.74, 6) is -2.53. The third kappa shape index (κ3) is 6.49. The molecule has 0 spiro atoms. The van der Waals surface area contributed by atoms with Crippen LogP contribution in [0, 0.1) is 0 Å². The van der Waals surface area contributed by atoms with Crippen molar-refractivity contribution in [2.75, 3.05) is 16.4 Å². The van der Waals surface area contributed by atoms with Gasteiger partial charge in [-0.1, -0.05) is 75.7 Å². The van der Waals surface area contributed by atoms with E-state index in [9.17, 15) is 19.5 Å². The number of amides is 2. The quantitative estimate of drug-likeness (QED) is 0.142. The fraction of sp³-hybridized carbons (Fsp3) is 0.0455. The summed E-state index contributed by atoms with van der Waals surface area (Å²) in [7, 11) is 0. The lowest BCUT2D eigenvalue weighted by molar-refractivity contribution is -0.113. The zero-order valence-corrected chi connectivity index (χ0v) is 22.4. The second-order valence-corrected chi connectivity index (χ2v) is 10.1. The number of nitrogens with one attached hydrogen (secondary N) is 2. The Bertz CT molecular complexity index is 1330. The average Bonchev–Trinajstić information content (AvgIpc) is 2.82. The van der Waals surface area contributed by atoms with Crippen molar-refractivity contribution < 1.29 is 19.5 Å². The normalized spacial score (nSPS) is 10.7. The predicted molar refractivity (Wildman–Crippen MR) is 144 cm³/mol. The van der Waals surface area contributed by atoms with Gasteiger partial charge in [-0.2, -0.15) is 0 Å². The third-order valence-corrected chi connectivity index (χ3v) is 8.05. The minimum atomic E-state index is -1.50. The van der Waals surface area contributed by atoms with Crippen LogP contribution >= 0.6 is 81.4 Å². The van der Waals surface area contributed by atoms with Crippen LogP contribution in [-0.4, -0.2) is 28.6 Å². The largest absolute Gasteiger partial charge is 0.478 e. The van der Waals surface area contributed by atoms with E-state index in [-0.39, 0.29) is 31.8 Å². The second-order valence-electron chi connectivity index (χ2n) is 6.73. The molecule has 0 heterocycles. The number of anilines is 2. The molecule has 0 aliphatic rings. The molecule has 0 atom stereocenters. The number of benzene rings is 3. The lowest BCUT2D eigenvalue weighted by Gasteiger charge is -2.14. The van der Waals surface area contributed by atoms with Gasteiger partial charge in [-0.05, 0) is 36.4 Å². The van der Waals surface area contributed by atoms with Gasteiger partial charge in [0.2, 0.25) is 5.91 Å². The first kappa shape index (κ1) is 27.7. The highest BCUT2D eigenvalue weighted by molar-refractivity contribution is 8.00. The summed E-state index contributed by atoms with van der Waals surface area (Å²) in [4.78, 5) is 37.4. The van der Waals surface area contributed by atoms with E-state index in [0.29, 0.717) is 16.4 Å². The number of aromatic carboxylic acids is 1. The number of carboxylic acid groups (broad SMARTS) is 1. The van der Waals surface area contributed by atoms with E-state index in [1.807, 2.05) is 0 Å². The molecule has 0 aliphatic carbocycles. The summed E-state index contributed by atoms with van der Waals surface area (Å²) in [6, 6.07) is 11.4. The van der Waals surface area contributed by atoms with Crippen LogP contribution in [0.4, 0.5) is 11.4 Å². The monoisotopic (exact) mass is 610 g/mol. The zero-order valence-electron chi connectivity index (χ0n) is 17.1. The number of carboxylic acids is 1. The summed E-state index contributed by atoms with van der Waals surface area (Å²) < 4.78 is 0. The van der Waals surface area contributed by atoms with Crippen molar-refractivity contribution in [1.82, 2.24) is 0 Å². The summed E-state index contributed by atoms with van der Waals surface area (Å²) >= 11 is 37.2. The number of rotatable bonds is 7. The molecular formula is C22H12Cl6N2O4S. The molecule has 3 aromatic rings. The first-order valence-corrected chi connectivity index (χ1v) is 12.6. The van der Waals surface area contributed by atoms with E-state index in [0.717, 1.165) is 4.90 Å². The van der Waals surface area contributed by atoms with E-state index in [2.05, 4.69) is 10.6 Å². The van der Waals surface area contributed by atoms with Crippen molar-refractivity contribution in [2.45, 2.75) is 4.90 Å². The number of thioether (sulfide) groups is 1. The molecule has 13 heteroatoms. The number of hydrogen-bond acceptors (Lipinski definition) is 4. The lowest BCUT2D eigenvalue weighted by atomic mass is 10.1. The van der Waals surface area contributed by atoms with Gasteiger partial charge in [0.25, 0.3) is 5.91 Å². The van der Waals surface area contributed by atoms with Crippen molar-refractivity contribution in [2.24, 2.45) is 0 Å². The van der Waals surface area contributed by atoms with Gasteiger partial charge in [0.05, 0.1) is 52.7 Å². The van der Waals surface area contributed by atoms with Crippen molar-refractivity contribution in [1.29, 1.82) is 0 Å². The van der Waals surface area contributed by atoms with E-state index >= 15 is 0 Å². The number of carbonyl (C=O) groups is 3.